The first-order chi connectivity index (χ1) is 14.4. The van der Waals surface area contributed by atoms with Gasteiger partial charge in [0.1, 0.15) is 11.8 Å². The second-order valence-corrected chi connectivity index (χ2v) is 7.62. The molecule has 8 nitrogen and oxygen atoms in total. The predicted molar refractivity (Wildman–Crippen MR) is 111 cm³/mol. The van der Waals surface area contributed by atoms with Crippen molar-refractivity contribution in [2.24, 2.45) is 0 Å². The largest absolute Gasteiger partial charge is 0.507 e. The van der Waals surface area contributed by atoms with Crippen LogP contribution in [-0.2, 0) is 9.59 Å². The first-order valence-electron chi connectivity index (χ1n) is 8.60. The number of nitro benzene ring substituents is 1. The molecule has 4 rings (SSSR count). The standard InChI is InChI=1S/C20H12ClN3O5S/c21-12-7-5-11(6-8-12)17(25)15-16(13-3-1-2-4-14(13)24(28)29)23(19(27)18(15)26)20-22-9-10-30-20/h1-10,16,25H/b17-15+/t16-/m0/s1. The number of nitrogens with zero attached hydrogens (tertiary/aromatic N) is 3. The second kappa shape index (κ2) is 7.69. The summed E-state index contributed by atoms with van der Waals surface area (Å²) in [4.78, 5) is 42.0. The Bertz CT molecular complexity index is 1190. The van der Waals surface area contributed by atoms with Crippen molar-refractivity contribution in [3.05, 3.63) is 91.9 Å². The van der Waals surface area contributed by atoms with E-state index in [0.29, 0.717) is 5.02 Å². The van der Waals surface area contributed by atoms with E-state index in [1.54, 1.807) is 11.4 Å². The highest BCUT2D eigenvalue weighted by molar-refractivity contribution is 7.14. The van der Waals surface area contributed by atoms with Crippen LogP contribution in [0.5, 0.6) is 0 Å². The van der Waals surface area contributed by atoms with E-state index in [4.69, 9.17) is 11.6 Å². The summed E-state index contributed by atoms with van der Waals surface area (Å²) >= 11 is 6.99. The van der Waals surface area contributed by atoms with Gasteiger partial charge in [0.25, 0.3) is 11.5 Å². The molecule has 1 aromatic heterocycles. The van der Waals surface area contributed by atoms with Crippen LogP contribution >= 0.6 is 22.9 Å². The number of Topliss-reactive ketones (excluding diaryl/α,β-unsaturated/α-hetero) is 1. The average molecular weight is 442 g/mol. The molecule has 0 radical (unpaired) electrons. The molecule has 1 amide bonds. The molecule has 1 fully saturated rings. The third kappa shape index (κ3) is 3.23. The summed E-state index contributed by atoms with van der Waals surface area (Å²) in [6.07, 6.45) is 1.45. The van der Waals surface area contributed by atoms with Crippen molar-refractivity contribution in [3.8, 4) is 0 Å². The highest BCUT2D eigenvalue weighted by atomic mass is 35.5. The number of aliphatic hydroxyl groups is 1. The molecule has 3 aromatic rings. The third-order valence-electron chi connectivity index (χ3n) is 4.62. The minimum absolute atomic E-state index is 0.0902. The third-order valence-corrected chi connectivity index (χ3v) is 5.64. The molecule has 1 atom stereocenters. The lowest BCUT2D eigenvalue weighted by Crippen LogP contribution is -2.29. The van der Waals surface area contributed by atoms with Gasteiger partial charge in [-0.15, -0.1) is 11.3 Å². The summed E-state index contributed by atoms with van der Waals surface area (Å²) in [6, 6.07) is 10.6. The molecule has 0 unspecified atom stereocenters. The molecular weight excluding hydrogens is 430 g/mol. The Hall–Kier alpha value is -3.56. The van der Waals surface area contributed by atoms with Crippen molar-refractivity contribution >= 4 is 51.2 Å². The van der Waals surface area contributed by atoms with E-state index in [9.17, 15) is 24.8 Å². The number of rotatable bonds is 4. The van der Waals surface area contributed by atoms with E-state index in [-0.39, 0.29) is 27.5 Å². The Morgan fingerprint density at radius 2 is 1.87 bits per heavy atom. The number of benzene rings is 2. The van der Waals surface area contributed by atoms with Crippen LogP contribution in [0.15, 0.2) is 65.7 Å². The number of para-hydroxylation sites is 1. The van der Waals surface area contributed by atoms with Crippen molar-refractivity contribution in [1.29, 1.82) is 0 Å². The van der Waals surface area contributed by atoms with Gasteiger partial charge in [0.15, 0.2) is 5.13 Å². The predicted octanol–water partition coefficient (Wildman–Crippen LogP) is 4.33. The molecule has 150 valence electrons. The monoisotopic (exact) mass is 441 g/mol. The number of carbonyl (C=O) groups is 2. The number of ketones is 1. The van der Waals surface area contributed by atoms with Gasteiger partial charge in [-0.1, -0.05) is 23.7 Å². The Labute approximate surface area is 178 Å². The zero-order valence-electron chi connectivity index (χ0n) is 15.1. The highest BCUT2D eigenvalue weighted by Crippen LogP contribution is 2.45. The van der Waals surface area contributed by atoms with Crippen LogP contribution in [0.2, 0.25) is 5.02 Å². The number of nitro groups is 1. The summed E-state index contributed by atoms with van der Waals surface area (Å²) in [6.45, 7) is 0. The fourth-order valence-corrected chi connectivity index (χ4v) is 4.10. The number of thiazole rings is 1. The van der Waals surface area contributed by atoms with Gasteiger partial charge in [0, 0.05) is 28.2 Å². The molecule has 0 bridgehead atoms. The summed E-state index contributed by atoms with van der Waals surface area (Å²) < 4.78 is 0. The van der Waals surface area contributed by atoms with E-state index in [0.717, 1.165) is 16.2 Å². The lowest BCUT2D eigenvalue weighted by molar-refractivity contribution is -0.385. The minimum Gasteiger partial charge on any atom is -0.507 e. The topological polar surface area (TPSA) is 114 Å². The molecule has 2 heterocycles. The Morgan fingerprint density at radius 1 is 1.17 bits per heavy atom. The Kier molecular flexibility index (Phi) is 5.06. The van der Waals surface area contributed by atoms with Crippen LogP contribution in [0.3, 0.4) is 0 Å². The van der Waals surface area contributed by atoms with E-state index in [1.807, 2.05) is 0 Å². The van der Waals surface area contributed by atoms with Gasteiger partial charge in [-0.2, -0.15) is 0 Å². The fraction of sp³-hybridized carbons (Fsp3) is 0.0500. The summed E-state index contributed by atoms with van der Waals surface area (Å²) in [5.74, 6) is -2.34. The van der Waals surface area contributed by atoms with Crippen LogP contribution in [0, 0.1) is 10.1 Å². The van der Waals surface area contributed by atoms with Gasteiger partial charge in [0.05, 0.1) is 16.1 Å². The van der Waals surface area contributed by atoms with Gasteiger partial charge in [0.2, 0.25) is 0 Å². The Balaban J connectivity index is 2.00. The number of halogens is 1. The Morgan fingerprint density at radius 3 is 2.50 bits per heavy atom. The van der Waals surface area contributed by atoms with Crippen molar-refractivity contribution in [2.45, 2.75) is 6.04 Å². The van der Waals surface area contributed by atoms with Crippen molar-refractivity contribution in [3.63, 3.8) is 0 Å². The van der Waals surface area contributed by atoms with E-state index >= 15 is 0 Å². The SMILES string of the molecule is O=C1C(=O)N(c2nccs2)[C@@H](c2ccccc2[N+](=O)[O-])/C1=C(\O)c1ccc(Cl)cc1. The molecule has 0 aliphatic carbocycles. The molecule has 2 aromatic carbocycles. The second-order valence-electron chi connectivity index (χ2n) is 6.31. The van der Waals surface area contributed by atoms with Gasteiger partial charge < -0.3 is 5.11 Å². The normalized spacial score (nSPS) is 18.0. The van der Waals surface area contributed by atoms with E-state index in [2.05, 4.69) is 4.98 Å². The quantitative estimate of drug-likeness (QED) is 0.212. The van der Waals surface area contributed by atoms with Crippen LogP contribution in [0.25, 0.3) is 5.76 Å². The number of amides is 1. The maximum absolute atomic E-state index is 12.9. The maximum atomic E-state index is 12.9. The summed E-state index contributed by atoms with van der Waals surface area (Å²) in [5, 5.41) is 24.8. The van der Waals surface area contributed by atoms with Crippen LogP contribution in [0.1, 0.15) is 17.2 Å². The lowest BCUT2D eigenvalue weighted by Gasteiger charge is -2.22. The molecular formula is C20H12ClN3O5S. The molecule has 1 aliphatic rings. The van der Waals surface area contributed by atoms with E-state index in [1.165, 1.54) is 48.7 Å². The molecule has 0 spiro atoms. The maximum Gasteiger partial charge on any atom is 0.301 e. The number of hydrogen-bond donors (Lipinski definition) is 1. The van der Waals surface area contributed by atoms with Crippen molar-refractivity contribution < 1.29 is 19.6 Å². The molecule has 1 aliphatic heterocycles. The van der Waals surface area contributed by atoms with Crippen LogP contribution in [-0.4, -0.2) is 26.7 Å². The number of aromatic nitrogens is 1. The van der Waals surface area contributed by atoms with Gasteiger partial charge >= 0.3 is 5.91 Å². The summed E-state index contributed by atoms with van der Waals surface area (Å²) in [5.41, 5.74) is -0.202. The molecule has 30 heavy (non-hydrogen) atoms. The number of hydrogen-bond acceptors (Lipinski definition) is 7. The van der Waals surface area contributed by atoms with Crippen LogP contribution in [0.4, 0.5) is 10.8 Å². The number of carbonyl (C=O) groups excluding carboxylic acids is 2. The molecule has 0 saturated carbocycles. The first-order valence-corrected chi connectivity index (χ1v) is 9.85. The van der Waals surface area contributed by atoms with Crippen molar-refractivity contribution in [2.75, 3.05) is 4.90 Å². The molecule has 1 saturated heterocycles. The fourth-order valence-electron chi connectivity index (χ4n) is 3.31. The van der Waals surface area contributed by atoms with E-state index < -0.39 is 28.4 Å². The zero-order valence-corrected chi connectivity index (χ0v) is 16.6. The minimum atomic E-state index is -1.21. The summed E-state index contributed by atoms with van der Waals surface area (Å²) in [7, 11) is 0. The zero-order chi connectivity index (χ0) is 21.4. The molecule has 10 heteroatoms. The first kappa shape index (κ1) is 19.7. The van der Waals surface area contributed by atoms with Gasteiger partial charge in [-0.3, -0.25) is 24.6 Å². The van der Waals surface area contributed by atoms with Crippen LogP contribution < -0.4 is 4.90 Å². The average Bonchev–Trinajstić information content (AvgIpc) is 3.35. The highest BCUT2D eigenvalue weighted by Gasteiger charge is 2.49. The number of anilines is 1. The molecule has 1 N–H and O–H groups in total. The van der Waals surface area contributed by atoms with Gasteiger partial charge in [-0.05, 0) is 30.3 Å². The number of aliphatic hydroxyl groups excluding tert-OH is 1. The van der Waals surface area contributed by atoms with Gasteiger partial charge in [-0.25, -0.2) is 4.98 Å². The van der Waals surface area contributed by atoms with Crippen molar-refractivity contribution in [1.82, 2.24) is 4.98 Å². The lowest BCUT2D eigenvalue weighted by atomic mass is 9.94. The smallest absolute Gasteiger partial charge is 0.301 e.